The van der Waals surface area contributed by atoms with E-state index in [1.54, 1.807) is 18.2 Å². The van der Waals surface area contributed by atoms with Crippen molar-refractivity contribution in [2.45, 2.75) is 19.8 Å². The minimum Gasteiger partial charge on any atom is -0.492 e. The second kappa shape index (κ2) is 13.6. The molecule has 6 nitrogen and oxygen atoms in total. The predicted molar refractivity (Wildman–Crippen MR) is 142 cm³/mol. The fourth-order valence-corrected chi connectivity index (χ4v) is 3.63. The van der Waals surface area contributed by atoms with Gasteiger partial charge in [-0.3, -0.25) is 10.1 Å². The second-order valence-corrected chi connectivity index (χ2v) is 8.52. The van der Waals surface area contributed by atoms with E-state index >= 15 is 0 Å². The summed E-state index contributed by atoms with van der Waals surface area (Å²) in [5.74, 6) is 1.77. The highest BCUT2D eigenvalue weighted by molar-refractivity contribution is 9.10. The van der Waals surface area contributed by atoms with E-state index < -0.39 is 0 Å². The topological polar surface area (TPSA) is 68.8 Å². The number of rotatable bonds is 11. The Kier molecular flexibility index (Phi) is 10.2. The lowest BCUT2D eigenvalue weighted by molar-refractivity contribution is 0.0977. The van der Waals surface area contributed by atoms with E-state index in [-0.39, 0.29) is 11.0 Å². The quantitative estimate of drug-likeness (QED) is 0.221. The molecule has 8 heteroatoms. The monoisotopic (exact) mass is 542 g/mol. The summed E-state index contributed by atoms with van der Waals surface area (Å²) < 4.78 is 17.9. The zero-order chi connectivity index (χ0) is 24.2. The third-order valence-corrected chi connectivity index (χ3v) is 5.49. The molecule has 0 aliphatic carbocycles. The molecule has 34 heavy (non-hydrogen) atoms. The number of hydrogen-bond donors (Lipinski definition) is 2. The lowest BCUT2D eigenvalue weighted by Crippen LogP contribution is -2.34. The van der Waals surface area contributed by atoms with Gasteiger partial charge in [-0.25, -0.2) is 0 Å². The maximum Gasteiger partial charge on any atom is 0.257 e. The first-order valence-electron chi connectivity index (χ1n) is 11.0. The van der Waals surface area contributed by atoms with Gasteiger partial charge in [-0.2, -0.15) is 0 Å². The summed E-state index contributed by atoms with van der Waals surface area (Å²) in [6.07, 6.45) is 2.03. The van der Waals surface area contributed by atoms with Gasteiger partial charge in [0.05, 0.1) is 16.8 Å². The van der Waals surface area contributed by atoms with Crippen LogP contribution in [0.15, 0.2) is 77.3 Å². The van der Waals surface area contributed by atoms with Crippen molar-refractivity contribution in [2.75, 3.05) is 25.1 Å². The molecule has 0 bridgehead atoms. The SMILES string of the molecule is CCCCOc1ccc(C(=O)NC(=S)Nc2ccccc2OCCOc2ccccc2)cc1Br. The van der Waals surface area contributed by atoms with Gasteiger partial charge in [0, 0.05) is 5.56 Å². The minimum absolute atomic E-state index is 0.168. The molecule has 3 rings (SSSR count). The van der Waals surface area contributed by atoms with Gasteiger partial charge in [0.25, 0.3) is 5.91 Å². The number of halogens is 1. The first-order valence-corrected chi connectivity index (χ1v) is 12.2. The van der Waals surface area contributed by atoms with E-state index in [0.29, 0.717) is 47.0 Å². The van der Waals surface area contributed by atoms with Gasteiger partial charge >= 0.3 is 0 Å². The van der Waals surface area contributed by atoms with Gasteiger partial charge in [0.2, 0.25) is 0 Å². The van der Waals surface area contributed by atoms with E-state index in [1.807, 2.05) is 54.6 Å². The predicted octanol–water partition coefficient (Wildman–Crippen LogP) is 6.21. The van der Waals surface area contributed by atoms with Crippen molar-refractivity contribution in [1.82, 2.24) is 5.32 Å². The second-order valence-electron chi connectivity index (χ2n) is 7.26. The fourth-order valence-electron chi connectivity index (χ4n) is 2.94. The number of thiocarbonyl (C=S) groups is 1. The largest absolute Gasteiger partial charge is 0.492 e. The Morgan fingerprint density at radius 3 is 2.35 bits per heavy atom. The maximum absolute atomic E-state index is 12.7. The zero-order valence-electron chi connectivity index (χ0n) is 18.9. The van der Waals surface area contributed by atoms with Crippen LogP contribution in [0.2, 0.25) is 0 Å². The van der Waals surface area contributed by atoms with Gasteiger partial charge in [-0.05, 0) is 77.0 Å². The van der Waals surface area contributed by atoms with Crippen LogP contribution in [0.5, 0.6) is 17.2 Å². The zero-order valence-corrected chi connectivity index (χ0v) is 21.3. The molecule has 2 N–H and O–H groups in total. The van der Waals surface area contributed by atoms with Gasteiger partial charge in [-0.1, -0.05) is 43.7 Å². The molecular formula is C26H27BrN2O4S. The molecule has 178 valence electrons. The molecule has 0 saturated carbocycles. The lowest BCUT2D eigenvalue weighted by atomic mass is 10.2. The highest BCUT2D eigenvalue weighted by atomic mass is 79.9. The average Bonchev–Trinajstić information content (AvgIpc) is 2.84. The van der Waals surface area contributed by atoms with Crippen LogP contribution in [0, 0.1) is 0 Å². The Morgan fingerprint density at radius 1 is 0.882 bits per heavy atom. The number of carbonyl (C=O) groups is 1. The molecule has 0 spiro atoms. The summed E-state index contributed by atoms with van der Waals surface area (Å²) in [7, 11) is 0. The van der Waals surface area contributed by atoms with Crippen LogP contribution in [0.25, 0.3) is 0 Å². The number of nitrogens with one attached hydrogen (secondary N) is 2. The molecule has 0 heterocycles. The van der Waals surface area contributed by atoms with Crippen molar-refractivity contribution in [2.24, 2.45) is 0 Å². The van der Waals surface area contributed by atoms with Crippen molar-refractivity contribution >= 4 is 44.9 Å². The molecule has 0 fully saturated rings. The number of amides is 1. The van der Waals surface area contributed by atoms with Gasteiger partial charge in [0.15, 0.2) is 5.11 Å². The summed E-state index contributed by atoms with van der Waals surface area (Å²) >= 11 is 8.80. The number of hydrogen-bond acceptors (Lipinski definition) is 5. The molecule has 0 aromatic heterocycles. The van der Waals surface area contributed by atoms with Gasteiger partial charge in [0.1, 0.15) is 30.5 Å². The number of unbranched alkanes of at least 4 members (excludes halogenated alkanes) is 1. The Balaban J connectivity index is 1.51. The number of anilines is 1. The molecule has 0 unspecified atom stereocenters. The summed E-state index contributed by atoms with van der Waals surface area (Å²) in [5, 5.41) is 5.89. The van der Waals surface area contributed by atoms with E-state index in [1.165, 1.54) is 0 Å². The Hall–Kier alpha value is -3.10. The maximum atomic E-state index is 12.7. The molecule has 3 aromatic carbocycles. The molecule has 0 saturated heterocycles. The summed E-state index contributed by atoms with van der Waals surface area (Å²) in [4.78, 5) is 12.7. The van der Waals surface area contributed by atoms with Crippen LogP contribution < -0.4 is 24.8 Å². The van der Waals surface area contributed by atoms with Crippen LogP contribution in [-0.2, 0) is 0 Å². The van der Waals surface area contributed by atoms with E-state index in [9.17, 15) is 4.79 Å². The van der Waals surface area contributed by atoms with Gasteiger partial charge in [-0.15, -0.1) is 0 Å². The van der Waals surface area contributed by atoms with E-state index in [0.717, 1.165) is 18.6 Å². The highest BCUT2D eigenvalue weighted by Gasteiger charge is 2.12. The van der Waals surface area contributed by atoms with Crippen molar-refractivity contribution in [3.63, 3.8) is 0 Å². The Bertz CT molecular complexity index is 1100. The fraction of sp³-hybridized carbons (Fsp3) is 0.231. The van der Waals surface area contributed by atoms with E-state index in [4.69, 9.17) is 26.4 Å². The Morgan fingerprint density at radius 2 is 1.59 bits per heavy atom. The van der Waals surface area contributed by atoms with Crippen LogP contribution in [0.3, 0.4) is 0 Å². The smallest absolute Gasteiger partial charge is 0.257 e. The van der Waals surface area contributed by atoms with Crippen molar-refractivity contribution in [3.8, 4) is 17.2 Å². The minimum atomic E-state index is -0.326. The number of benzene rings is 3. The van der Waals surface area contributed by atoms with Crippen LogP contribution in [0.1, 0.15) is 30.1 Å². The van der Waals surface area contributed by atoms with Crippen LogP contribution in [-0.4, -0.2) is 30.8 Å². The third-order valence-electron chi connectivity index (χ3n) is 4.66. The first-order chi connectivity index (χ1) is 16.6. The summed E-state index contributed by atoms with van der Waals surface area (Å²) in [6.45, 7) is 3.49. The lowest BCUT2D eigenvalue weighted by Gasteiger charge is -2.15. The average molecular weight is 543 g/mol. The molecule has 0 aliphatic heterocycles. The molecule has 0 atom stereocenters. The number of carbonyl (C=O) groups excluding carboxylic acids is 1. The van der Waals surface area contributed by atoms with Gasteiger partial charge < -0.3 is 19.5 Å². The summed E-state index contributed by atoms with van der Waals surface area (Å²) in [5.41, 5.74) is 1.11. The van der Waals surface area contributed by atoms with Crippen molar-refractivity contribution in [1.29, 1.82) is 0 Å². The number of ether oxygens (including phenoxy) is 3. The third kappa shape index (κ3) is 8.04. The highest BCUT2D eigenvalue weighted by Crippen LogP contribution is 2.27. The van der Waals surface area contributed by atoms with Crippen LogP contribution >= 0.6 is 28.1 Å². The first kappa shape index (κ1) is 25.5. The molecule has 0 aliphatic rings. The van der Waals surface area contributed by atoms with Crippen molar-refractivity contribution in [3.05, 3.63) is 82.8 Å². The standard InChI is InChI=1S/C26H27BrN2O4S/c1-2-3-15-32-23-14-13-19(18-21(23)27)25(30)29-26(34)28-22-11-7-8-12-24(22)33-17-16-31-20-9-5-4-6-10-20/h4-14,18H,2-3,15-17H2,1H3,(H2,28,29,30,34). The Labute approximate surface area is 213 Å². The normalized spacial score (nSPS) is 10.3. The van der Waals surface area contributed by atoms with Crippen molar-refractivity contribution < 1.29 is 19.0 Å². The molecule has 0 radical (unpaired) electrons. The van der Waals surface area contributed by atoms with Crippen LogP contribution in [0.4, 0.5) is 5.69 Å². The number of para-hydroxylation sites is 3. The molecule has 3 aromatic rings. The van der Waals surface area contributed by atoms with E-state index in [2.05, 4.69) is 33.5 Å². The summed E-state index contributed by atoms with van der Waals surface area (Å²) in [6, 6.07) is 22.1. The molecular weight excluding hydrogens is 516 g/mol. The molecule has 1 amide bonds.